The summed E-state index contributed by atoms with van der Waals surface area (Å²) in [6, 6.07) is 8.68. The standard InChI is InChI=1S/C21H34N4O2S.HI/c1-20(2,25-11-10-17-8-6-7-9-18(17)14-25)15-23-19(22-5)24-12-13-28(26,27)21(3,4)16-24;/h6-9H,10-16H2,1-5H3,(H,22,23);1H. The average Bonchev–Trinajstić information content (AvgIpc) is 2.64. The maximum atomic E-state index is 12.3. The number of benzene rings is 1. The van der Waals surface area contributed by atoms with Crippen molar-refractivity contribution in [1.29, 1.82) is 0 Å². The van der Waals surface area contributed by atoms with E-state index in [0.717, 1.165) is 32.0 Å². The van der Waals surface area contributed by atoms with Crippen LogP contribution in [0.25, 0.3) is 0 Å². The number of fused-ring (bicyclic) bond motifs is 1. The molecule has 1 aromatic carbocycles. The van der Waals surface area contributed by atoms with Crippen molar-refractivity contribution >= 4 is 39.8 Å². The third-order valence-electron chi connectivity index (χ3n) is 6.22. The number of halogens is 1. The fourth-order valence-electron chi connectivity index (χ4n) is 4.08. The van der Waals surface area contributed by atoms with Crippen LogP contribution in [0.3, 0.4) is 0 Å². The molecule has 0 aliphatic carbocycles. The number of nitrogens with one attached hydrogen (secondary N) is 1. The van der Waals surface area contributed by atoms with Crippen LogP contribution in [0.4, 0.5) is 0 Å². The molecule has 1 saturated heterocycles. The SMILES string of the molecule is CN=C(NCC(C)(C)N1CCc2ccccc2C1)N1CCS(=O)(=O)C(C)(C)C1.I. The van der Waals surface area contributed by atoms with Gasteiger partial charge in [0.2, 0.25) is 0 Å². The van der Waals surface area contributed by atoms with Crippen molar-refractivity contribution in [2.24, 2.45) is 4.99 Å². The van der Waals surface area contributed by atoms with Crippen molar-refractivity contribution in [2.45, 2.75) is 50.9 Å². The van der Waals surface area contributed by atoms with E-state index >= 15 is 0 Å². The minimum Gasteiger partial charge on any atom is -0.354 e. The van der Waals surface area contributed by atoms with E-state index in [0.29, 0.717) is 13.1 Å². The molecule has 0 aromatic heterocycles. The first kappa shape index (κ1) is 24.4. The van der Waals surface area contributed by atoms with E-state index in [1.807, 2.05) is 0 Å². The summed E-state index contributed by atoms with van der Waals surface area (Å²) in [5.41, 5.74) is 2.82. The molecule has 0 unspecified atom stereocenters. The average molecular weight is 535 g/mol. The Morgan fingerprint density at radius 2 is 1.86 bits per heavy atom. The van der Waals surface area contributed by atoms with Gasteiger partial charge in [0.05, 0.1) is 10.5 Å². The summed E-state index contributed by atoms with van der Waals surface area (Å²) in [6.45, 7) is 11.8. The largest absolute Gasteiger partial charge is 0.354 e. The molecule has 2 heterocycles. The van der Waals surface area contributed by atoms with Crippen LogP contribution in [-0.4, -0.2) is 73.4 Å². The van der Waals surface area contributed by atoms with Crippen LogP contribution in [0.5, 0.6) is 0 Å². The number of hydrogen-bond donors (Lipinski definition) is 1. The summed E-state index contributed by atoms with van der Waals surface area (Å²) in [7, 11) is -1.29. The second-order valence-corrected chi connectivity index (χ2v) is 11.9. The van der Waals surface area contributed by atoms with Crippen LogP contribution in [0, 0.1) is 0 Å². The van der Waals surface area contributed by atoms with Crippen LogP contribution < -0.4 is 5.32 Å². The zero-order valence-electron chi connectivity index (χ0n) is 18.2. The predicted octanol–water partition coefficient (Wildman–Crippen LogP) is 2.53. The van der Waals surface area contributed by atoms with Crippen LogP contribution in [0.1, 0.15) is 38.8 Å². The number of nitrogens with zero attached hydrogens (tertiary/aromatic N) is 3. The summed E-state index contributed by atoms with van der Waals surface area (Å²) >= 11 is 0. The Morgan fingerprint density at radius 1 is 1.21 bits per heavy atom. The highest BCUT2D eigenvalue weighted by Crippen LogP contribution is 2.26. The van der Waals surface area contributed by atoms with Gasteiger partial charge in [-0.2, -0.15) is 0 Å². The highest BCUT2D eigenvalue weighted by Gasteiger charge is 2.41. The maximum absolute atomic E-state index is 12.3. The van der Waals surface area contributed by atoms with E-state index in [1.165, 1.54) is 11.1 Å². The van der Waals surface area contributed by atoms with E-state index < -0.39 is 14.6 Å². The minimum absolute atomic E-state index is 0. The third kappa shape index (κ3) is 5.25. The monoisotopic (exact) mass is 534 g/mol. The normalized spacial score (nSPS) is 21.8. The Kier molecular flexibility index (Phi) is 7.65. The first-order valence-corrected chi connectivity index (χ1v) is 11.7. The van der Waals surface area contributed by atoms with Crippen molar-refractivity contribution in [2.75, 3.05) is 39.0 Å². The Labute approximate surface area is 193 Å². The van der Waals surface area contributed by atoms with Crippen LogP contribution in [0.2, 0.25) is 0 Å². The lowest BCUT2D eigenvalue weighted by atomic mass is 9.94. The summed E-state index contributed by atoms with van der Waals surface area (Å²) < 4.78 is 23.8. The molecule has 8 heteroatoms. The molecule has 2 aliphatic heterocycles. The first-order valence-electron chi connectivity index (χ1n) is 10.1. The van der Waals surface area contributed by atoms with Crippen molar-refractivity contribution in [3.8, 4) is 0 Å². The highest BCUT2D eigenvalue weighted by molar-refractivity contribution is 14.0. The van der Waals surface area contributed by atoms with Gasteiger partial charge < -0.3 is 10.2 Å². The molecule has 2 aliphatic rings. The quantitative estimate of drug-likeness (QED) is 0.367. The molecule has 0 amide bonds. The number of hydrogen-bond acceptors (Lipinski definition) is 4. The lowest BCUT2D eigenvalue weighted by Crippen LogP contribution is -2.59. The summed E-state index contributed by atoms with van der Waals surface area (Å²) in [5, 5.41) is 3.51. The Bertz CT molecular complexity index is 852. The van der Waals surface area contributed by atoms with Gasteiger partial charge in [0.15, 0.2) is 15.8 Å². The Hall–Kier alpha value is -0.870. The zero-order chi connectivity index (χ0) is 20.6. The van der Waals surface area contributed by atoms with Gasteiger partial charge in [0.1, 0.15) is 0 Å². The second kappa shape index (κ2) is 9.09. The summed E-state index contributed by atoms with van der Waals surface area (Å²) in [5.74, 6) is 0.959. The molecule has 164 valence electrons. The second-order valence-electron chi connectivity index (χ2n) is 9.15. The number of sulfone groups is 1. The highest BCUT2D eigenvalue weighted by atomic mass is 127. The van der Waals surface area contributed by atoms with Crippen molar-refractivity contribution in [3.05, 3.63) is 35.4 Å². The predicted molar refractivity (Wildman–Crippen MR) is 131 cm³/mol. The van der Waals surface area contributed by atoms with Crippen molar-refractivity contribution < 1.29 is 8.42 Å². The van der Waals surface area contributed by atoms with Gasteiger partial charge in [-0.05, 0) is 45.2 Å². The van der Waals surface area contributed by atoms with Gasteiger partial charge >= 0.3 is 0 Å². The number of guanidine groups is 1. The smallest absolute Gasteiger partial charge is 0.193 e. The maximum Gasteiger partial charge on any atom is 0.193 e. The van der Waals surface area contributed by atoms with E-state index in [4.69, 9.17) is 0 Å². The lowest BCUT2D eigenvalue weighted by Gasteiger charge is -2.43. The van der Waals surface area contributed by atoms with Gasteiger partial charge in [0, 0.05) is 45.3 Å². The molecule has 0 radical (unpaired) electrons. The Morgan fingerprint density at radius 3 is 2.48 bits per heavy atom. The number of aliphatic imine (C=N–C) groups is 1. The molecular weight excluding hydrogens is 499 g/mol. The molecule has 0 spiro atoms. The van der Waals surface area contributed by atoms with E-state index in [9.17, 15) is 8.42 Å². The third-order valence-corrected chi connectivity index (χ3v) is 8.75. The van der Waals surface area contributed by atoms with Crippen molar-refractivity contribution in [3.63, 3.8) is 0 Å². The molecule has 0 bridgehead atoms. The molecule has 1 N–H and O–H groups in total. The molecular formula is C21H35IN4O2S. The summed E-state index contributed by atoms with van der Waals surface area (Å²) in [6.07, 6.45) is 1.08. The molecule has 6 nitrogen and oxygen atoms in total. The van der Waals surface area contributed by atoms with Gasteiger partial charge in [0.25, 0.3) is 0 Å². The number of rotatable bonds is 3. The van der Waals surface area contributed by atoms with Gasteiger partial charge in [-0.25, -0.2) is 8.42 Å². The molecule has 3 rings (SSSR count). The van der Waals surface area contributed by atoms with Crippen LogP contribution in [-0.2, 0) is 22.8 Å². The fraction of sp³-hybridized carbons (Fsp3) is 0.667. The molecule has 0 atom stereocenters. The lowest BCUT2D eigenvalue weighted by molar-refractivity contribution is 0.106. The van der Waals surface area contributed by atoms with Gasteiger partial charge in [-0.3, -0.25) is 9.89 Å². The summed E-state index contributed by atoms with van der Waals surface area (Å²) in [4.78, 5) is 9.01. The van der Waals surface area contributed by atoms with E-state index in [1.54, 1.807) is 20.9 Å². The molecule has 0 saturated carbocycles. The molecule has 1 fully saturated rings. The zero-order valence-corrected chi connectivity index (χ0v) is 21.4. The molecule has 29 heavy (non-hydrogen) atoms. The first-order chi connectivity index (χ1) is 13.1. The van der Waals surface area contributed by atoms with E-state index in [2.05, 4.69) is 58.2 Å². The fourth-order valence-corrected chi connectivity index (χ4v) is 5.44. The topological polar surface area (TPSA) is 65.0 Å². The molecule has 1 aromatic rings. The van der Waals surface area contributed by atoms with Gasteiger partial charge in [-0.15, -0.1) is 24.0 Å². The van der Waals surface area contributed by atoms with Crippen molar-refractivity contribution in [1.82, 2.24) is 15.1 Å². The van der Waals surface area contributed by atoms with Gasteiger partial charge in [-0.1, -0.05) is 24.3 Å². The van der Waals surface area contributed by atoms with Crippen LogP contribution in [0.15, 0.2) is 29.3 Å². The van der Waals surface area contributed by atoms with E-state index in [-0.39, 0.29) is 35.3 Å². The van der Waals surface area contributed by atoms with Crippen LogP contribution >= 0.6 is 24.0 Å². The Balaban J connectivity index is 0.00000300. The minimum atomic E-state index is -3.06.